The molecule has 4 rings (SSSR count). The van der Waals surface area contributed by atoms with Gasteiger partial charge in [-0.3, -0.25) is 0 Å². The van der Waals surface area contributed by atoms with Crippen LogP contribution in [0.2, 0.25) is 0 Å². The topological polar surface area (TPSA) is 80.5 Å². The Morgan fingerprint density at radius 3 is 2.76 bits per heavy atom. The van der Waals surface area contributed by atoms with Crippen molar-refractivity contribution in [1.29, 1.82) is 0 Å². The third kappa shape index (κ3) is 4.19. The third-order valence-corrected chi connectivity index (χ3v) is 5.14. The second-order valence-electron chi connectivity index (χ2n) is 6.20. The lowest BCUT2D eigenvalue weighted by molar-refractivity contribution is 0.252. The minimum Gasteiger partial charge on any atom is -0.497 e. The number of ether oxygens (including phenoxy) is 1. The van der Waals surface area contributed by atoms with E-state index in [0.29, 0.717) is 35.0 Å². The molecule has 148 valence electrons. The van der Waals surface area contributed by atoms with Crippen molar-refractivity contribution in [2.45, 2.75) is 6.42 Å². The van der Waals surface area contributed by atoms with Crippen LogP contribution in [0.25, 0.3) is 16.3 Å². The highest BCUT2D eigenvalue weighted by molar-refractivity contribution is 7.15. The van der Waals surface area contributed by atoms with Crippen molar-refractivity contribution in [1.82, 2.24) is 19.9 Å². The van der Waals surface area contributed by atoms with Crippen LogP contribution < -0.4 is 15.4 Å². The zero-order chi connectivity index (χ0) is 20.2. The molecule has 7 nitrogen and oxygen atoms in total. The molecule has 2 aromatic heterocycles. The summed E-state index contributed by atoms with van der Waals surface area (Å²) >= 11 is 1.43. The smallest absolute Gasteiger partial charge is 0.319 e. The fourth-order valence-corrected chi connectivity index (χ4v) is 3.66. The van der Waals surface area contributed by atoms with Crippen molar-refractivity contribution in [3.05, 3.63) is 65.4 Å². The van der Waals surface area contributed by atoms with Crippen LogP contribution in [0.15, 0.2) is 53.9 Å². The van der Waals surface area contributed by atoms with Gasteiger partial charge in [-0.1, -0.05) is 12.1 Å². The van der Waals surface area contributed by atoms with E-state index in [1.54, 1.807) is 54.1 Å². The Morgan fingerprint density at radius 1 is 1.21 bits per heavy atom. The van der Waals surface area contributed by atoms with Crippen molar-refractivity contribution in [2.24, 2.45) is 0 Å². The highest BCUT2D eigenvalue weighted by Crippen LogP contribution is 2.23. The summed E-state index contributed by atoms with van der Waals surface area (Å²) in [4.78, 5) is 17.1. The standard InChI is InChI=1S/C20H18FN5O2S/c1-28-15-8-6-13(7-9-15)23-19(27)22-11-10-14-12-29-20-24-18(25-26(14)20)16-4-2-3-5-17(16)21/h2-9,12H,10-11H2,1H3,(H2,22,23,27). The largest absolute Gasteiger partial charge is 0.497 e. The summed E-state index contributed by atoms with van der Waals surface area (Å²) in [6.45, 7) is 0.419. The number of fused-ring (bicyclic) bond motifs is 1. The van der Waals surface area contributed by atoms with Crippen LogP contribution in [0, 0.1) is 5.82 Å². The van der Waals surface area contributed by atoms with Crippen LogP contribution in [-0.4, -0.2) is 34.3 Å². The Bertz CT molecular complexity index is 1140. The van der Waals surface area contributed by atoms with Gasteiger partial charge in [-0.25, -0.2) is 13.7 Å². The molecule has 4 aromatic rings. The zero-order valence-corrected chi connectivity index (χ0v) is 16.4. The maximum absolute atomic E-state index is 14.0. The van der Waals surface area contributed by atoms with Gasteiger partial charge < -0.3 is 15.4 Å². The van der Waals surface area contributed by atoms with Crippen molar-refractivity contribution < 1.29 is 13.9 Å². The van der Waals surface area contributed by atoms with Gasteiger partial charge in [-0.05, 0) is 36.4 Å². The Kier molecular flexibility index (Phi) is 5.39. The van der Waals surface area contributed by atoms with E-state index in [1.165, 1.54) is 17.4 Å². The highest BCUT2D eigenvalue weighted by atomic mass is 32.1. The molecule has 0 fully saturated rings. The Hall–Kier alpha value is -3.46. The third-order valence-electron chi connectivity index (χ3n) is 4.28. The van der Waals surface area contributed by atoms with Gasteiger partial charge in [0.15, 0.2) is 5.82 Å². The summed E-state index contributed by atoms with van der Waals surface area (Å²) in [5.41, 5.74) is 1.93. The van der Waals surface area contributed by atoms with Crippen LogP contribution in [0.5, 0.6) is 5.75 Å². The summed E-state index contributed by atoms with van der Waals surface area (Å²) in [5, 5.41) is 11.9. The average Bonchev–Trinajstić information content (AvgIpc) is 3.30. The highest BCUT2D eigenvalue weighted by Gasteiger charge is 2.14. The fraction of sp³-hybridized carbons (Fsp3) is 0.150. The first kappa shape index (κ1) is 18.9. The predicted molar refractivity (Wildman–Crippen MR) is 110 cm³/mol. The maximum Gasteiger partial charge on any atom is 0.319 e. The van der Waals surface area contributed by atoms with E-state index >= 15 is 0 Å². The molecular weight excluding hydrogens is 393 g/mol. The molecule has 0 aliphatic heterocycles. The van der Waals surface area contributed by atoms with Gasteiger partial charge in [0.25, 0.3) is 0 Å². The molecule has 0 saturated heterocycles. The lowest BCUT2D eigenvalue weighted by atomic mass is 10.2. The normalized spacial score (nSPS) is 10.8. The van der Waals surface area contributed by atoms with E-state index in [0.717, 1.165) is 11.4 Å². The average molecular weight is 411 g/mol. The minimum atomic E-state index is -0.357. The van der Waals surface area contributed by atoms with Gasteiger partial charge >= 0.3 is 6.03 Å². The van der Waals surface area contributed by atoms with Crippen LogP contribution in [0.4, 0.5) is 14.9 Å². The first-order valence-corrected chi connectivity index (χ1v) is 9.79. The molecule has 0 saturated carbocycles. The van der Waals surface area contributed by atoms with Crippen LogP contribution in [0.1, 0.15) is 5.69 Å². The van der Waals surface area contributed by atoms with Gasteiger partial charge in [0.2, 0.25) is 4.96 Å². The molecule has 0 bridgehead atoms. The number of amides is 2. The molecule has 29 heavy (non-hydrogen) atoms. The summed E-state index contributed by atoms with van der Waals surface area (Å²) < 4.78 is 20.8. The molecule has 0 unspecified atom stereocenters. The number of hydrogen-bond acceptors (Lipinski definition) is 5. The molecule has 0 radical (unpaired) electrons. The number of rotatable bonds is 6. The maximum atomic E-state index is 14.0. The van der Waals surface area contributed by atoms with E-state index < -0.39 is 0 Å². The molecule has 2 amide bonds. The summed E-state index contributed by atoms with van der Waals surface area (Å²) in [7, 11) is 1.59. The van der Waals surface area contributed by atoms with Gasteiger partial charge in [0.05, 0.1) is 18.4 Å². The molecule has 2 aromatic carbocycles. The van der Waals surface area contributed by atoms with Crippen molar-refractivity contribution in [3.8, 4) is 17.1 Å². The van der Waals surface area contributed by atoms with E-state index in [9.17, 15) is 9.18 Å². The second-order valence-corrected chi connectivity index (χ2v) is 7.03. The van der Waals surface area contributed by atoms with E-state index in [1.807, 2.05) is 5.38 Å². The SMILES string of the molecule is COc1ccc(NC(=O)NCCc2csc3nc(-c4ccccc4F)nn23)cc1. The number of carbonyl (C=O) groups excluding carboxylic acids is 1. The van der Waals surface area contributed by atoms with Gasteiger partial charge in [0.1, 0.15) is 11.6 Å². The number of anilines is 1. The van der Waals surface area contributed by atoms with Gasteiger partial charge in [-0.15, -0.1) is 16.4 Å². The van der Waals surface area contributed by atoms with Crippen LogP contribution in [0.3, 0.4) is 0 Å². The van der Waals surface area contributed by atoms with Gasteiger partial charge in [0, 0.05) is 24.0 Å². The number of benzene rings is 2. The van der Waals surface area contributed by atoms with Crippen molar-refractivity contribution >= 4 is 28.0 Å². The molecule has 0 aliphatic carbocycles. The lowest BCUT2D eigenvalue weighted by Gasteiger charge is -2.08. The zero-order valence-electron chi connectivity index (χ0n) is 15.6. The first-order valence-electron chi connectivity index (χ1n) is 8.91. The van der Waals surface area contributed by atoms with Crippen LogP contribution >= 0.6 is 11.3 Å². The number of carbonyl (C=O) groups is 1. The molecule has 0 spiro atoms. The molecule has 0 atom stereocenters. The molecule has 2 N–H and O–H groups in total. The molecule has 2 heterocycles. The first-order chi connectivity index (χ1) is 14.1. The number of hydrogen-bond donors (Lipinski definition) is 2. The lowest BCUT2D eigenvalue weighted by Crippen LogP contribution is -2.30. The summed E-state index contributed by atoms with van der Waals surface area (Å²) in [6, 6.07) is 13.2. The van der Waals surface area contributed by atoms with Crippen molar-refractivity contribution in [3.63, 3.8) is 0 Å². The number of thiazole rings is 1. The minimum absolute atomic E-state index is 0.299. The molecule has 9 heteroatoms. The van der Waals surface area contributed by atoms with E-state index in [2.05, 4.69) is 20.7 Å². The monoisotopic (exact) mass is 411 g/mol. The van der Waals surface area contributed by atoms with E-state index in [4.69, 9.17) is 4.74 Å². The molecule has 0 aliphatic rings. The van der Waals surface area contributed by atoms with Crippen molar-refractivity contribution in [2.75, 3.05) is 19.0 Å². The number of methoxy groups -OCH3 is 1. The second kappa shape index (κ2) is 8.27. The Morgan fingerprint density at radius 2 is 2.00 bits per heavy atom. The fourth-order valence-electron chi connectivity index (χ4n) is 2.81. The summed E-state index contributed by atoms with van der Waals surface area (Å²) in [5.74, 6) is 0.714. The Labute approximate surface area is 170 Å². The summed E-state index contributed by atoms with van der Waals surface area (Å²) in [6.07, 6.45) is 0.566. The van der Waals surface area contributed by atoms with Gasteiger partial charge in [-0.2, -0.15) is 4.98 Å². The number of urea groups is 1. The number of halogens is 1. The predicted octanol–water partition coefficient (Wildman–Crippen LogP) is 3.97. The number of aromatic nitrogens is 3. The molecular formula is C20H18FN5O2S. The Balaban J connectivity index is 1.37. The number of nitrogens with one attached hydrogen (secondary N) is 2. The van der Waals surface area contributed by atoms with Crippen LogP contribution in [-0.2, 0) is 6.42 Å². The quantitative estimate of drug-likeness (QED) is 0.503. The van der Waals surface area contributed by atoms with E-state index in [-0.39, 0.29) is 11.8 Å². The number of nitrogens with zero attached hydrogens (tertiary/aromatic N) is 3.